The lowest BCUT2D eigenvalue weighted by atomic mass is 9.95. The Morgan fingerprint density at radius 1 is 1.21 bits per heavy atom. The van der Waals surface area contributed by atoms with E-state index in [2.05, 4.69) is 19.9 Å². The normalized spacial score (nSPS) is 22.8. The van der Waals surface area contributed by atoms with Crippen molar-refractivity contribution in [2.24, 2.45) is 0 Å². The topological polar surface area (TPSA) is 104 Å². The van der Waals surface area contributed by atoms with Crippen LogP contribution in [-0.4, -0.2) is 64.3 Å². The van der Waals surface area contributed by atoms with Gasteiger partial charge in [0.05, 0.1) is 21.2 Å². The van der Waals surface area contributed by atoms with Crippen LogP contribution in [0.5, 0.6) is 6.01 Å². The van der Waals surface area contributed by atoms with E-state index in [1.54, 1.807) is 0 Å². The van der Waals surface area contributed by atoms with Gasteiger partial charge in [-0.1, -0.05) is 0 Å². The highest BCUT2D eigenvalue weighted by Crippen LogP contribution is 2.44. The van der Waals surface area contributed by atoms with Gasteiger partial charge in [0.25, 0.3) is 0 Å². The number of pyridine rings is 1. The maximum absolute atomic E-state index is 16.3. The van der Waals surface area contributed by atoms with Crippen molar-refractivity contribution >= 4 is 43.1 Å². The number of ether oxygens (including phenoxy) is 1. The van der Waals surface area contributed by atoms with Gasteiger partial charge in [-0.05, 0) is 37.9 Å². The fraction of sp³-hybridized carbons (Fsp3) is 0.407. The number of aromatic nitrogens is 3. The van der Waals surface area contributed by atoms with Gasteiger partial charge < -0.3 is 15.4 Å². The molecular formula is C27H24F3N7OS. The quantitative estimate of drug-likeness (QED) is 0.377. The van der Waals surface area contributed by atoms with E-state index < -0.39 is 23.3 Å². The number of halogens is 3. The van der Waals surface area contributed by atoms with E-state index in [-0.39, 0.29) is 50.0 Å². The second-order valence-corrected chi connectivity index (χ2v) is 11.5. The molecule has 4 aromatic rings. The molecule has 0 radical (unpaired) electrons. The Hall–Kier alpha value is -3.69. The Kier molecular flexibility index (Phi) is 5.57. The summed E-state index contributed by atoms with van der Waals surface area (Å²) in [5.74, 6) is -0.764. The maximum atomic E-state index is 16.3. The largest absolute Gasteiger partial charge is 0.461 e. The minimum atomic E-state index is -0.895. The second kappa shape index (κ2) is 8.93. The molecule has 0 amide bonds. The van der Waals surface area contributed by atoms with E-state index in [4.69, 9.17) is 10.5 Å². The van der Waals surface area contributed by atoms with Gasteiger partial charge in [0.2, 0.25) is 0 Å². The Morgan fingerprint density at radius 3 is 2.82 bits per heavy atom. The molecule has 3 aliphatic rings. The summed E-state index contributed by atoms with van der Waals surface area (Å²) < 4.78 is 51.3. The van der Waals surface area contributed by atoms with E-state index >= 15 is 4.39 Å². The lowest BCUT2D eigenvalue weighted by molar-refractivity contribution is 0.107. The molecule has 200 valence electrons. The number of nitriles is 1. The van der Waals surface area contributed by atoms with Gasteiger partial charge in [0.1, 0.15) is 46.7 Å². The van der Waals surface area contributed by atoms with E-state index in [1.807, 2.05) is 11.0 Å². The van der Waals surface area contributed by atoms with Crippen molar-refractivity contribution in [2.45, 2.75) is 37.4 Å². The van der Waals surface area contributed by atoms with Crippen molar-refractivity contribution in [3.8, 4) is 23.3 Å². The van der Waals surface area contributed by atoms with Gasteiger partial charge in [-0.15, -0.1) is 11.3 Å². The van der Waals surface area contributed by atoms with Crippen LogP contribution in [0.4, 0.5) is 24.0 Å². The molecule has 39 heavy (non-hydrogen) atoms. The number of fused-ring (bicyclic) bond motifs is 3. The fourth-order valence-electron chi connectivity index (χ4n) is 6.19. The lowest BCUT2D eigenvalue weighted by Crippen LogP contribution is -2.43. The molecule has 1 aromatic carbocycles. The van der Waals surface area contributed by atoms with Crippen LogP contribution in [0.25, 0.3) is 32.2 Å². The molecule has 3 aliphatic heterocycles. The van der Waals surface area contributed by atoms with E-state index in [9.17, 15) is 14.0 Å². The summed E-state index contributed by atoms with van der Waals surface area (Å²) in [5, 5.41) is 10.5. The summed E-state index contributed by atoms with van der Waals surface area (Å²) in [5.41, 5.74) is 5.93. The molecule has 0 saturated carbocycles. The second-order valence-electron chi connectivity index (χ2n) is 10.5. The van der Waals surface area contributed by atoms with Crippen LogP contribution in [0.15, 0.2) is 18.3 Å². The van der Waals surface area contributed by atoms with Crippen molar-refractivity contribution in [1.82, 2.24) is 19.9 Å². The van der Waals surface area contributed by atoms with Crippen molar-refractivity contribution in [3.05, 3.63) is 35.5 Å². The number of hydrogen-bond acceptors (Lipinski definition) is 9. The first-order valence-corrected chi connectivity index (χ1v) is 13.7. The Morgan fingerprint density at radius 2 is 2.05 bits per heavy atom. The number of nitrogen functional groups attached to an aromatic ring is 1. The van der Waals surface area contributed by atoms with Crippen LogP contribution >= 0.6 is 11.3 Å². The van der Waals surface area contributed by atoms with Crippen molar-refractivity contribution in [3.63, 3.8) is 0 Å². The summed E-state index contributed by atoms with van der Waals surface area (Å²) in [7, 11) is 0. The zero-order valence-corrected chi connectivity index (χ0v) is 21.7. The molecule has 3 fully saturated rings. The first kappa shape index (κ1) is 24.4. The highest BCUT2D eigenvalue weighted by atomic mass is 32.1. The summed E-state index contributed by atoms with van der Waals surface area (Å²) in [4.78, 5) is 17.6. The Balaban J connectivity index is 1.36. The molecule has 8 nitrogen and oxygen atoms in total. The molecule has 7 rings (SSSR count). The number of rotatable bonds is 5. The first-order valence-electron chi connectivity index (χ1n) is 12.9. The van der Waals surface area contributed by atoms with Crippen LogP contribution in [0.2, 0.25) is 0 Å². The minimum absolute atomic E-state index is 0.00149. The molecule has 2 N–H and O–H groups in total. The van der Waals surface area contributed by atoms with Crippen LogP contribution in [-0.2, 0) is 0 Å². The summed E-state index contributed by atoms with van der Waals surface area (Å²) in [6, 6.07) is 4.67. The highest BCUT2D eigenvalue weighted by Gasteiger charge is 2.49. The average molecular weight is 552 g/mol. The van der Waals surface area contributed by atoms with Crippen molar-refractivity contribution < 1.29 is 17.9 Å². The zero-order valence-electron chi connectivity index (χ0n) is 20.9. The van der Waals surface area contributed by atoms with Gasteiger partial charge in [0, 0.05) is 43.2 Å². The van der Waals surface area contributed by atoms with E-state index in [0.717, 1.165) is 50.2 Å². The minimum Gasteiger partial charge on any atom is -0.461 e. The average Bonchev–Trinajstić information content (AvgIpc) is 3.53. The molecule has 0 unspecified atom stereocenters. The molecule has 6 heterocycles. The smallest absolute Gasteiger partial charge is 0.317 e. The van der Waals surface area contributed by atoms with E-state index in [1.165, 1.54) is 18.3 Å². The van der Waals surface area contributed by atoms with Crippen LogP contribution in [0.3, 0.4) is 0 Å². The fourth-order valence-corrected chi connectivity index (χ4v) is 7.14. The Bertz CT molecular complexity index is 1680. The standard InChI is InChI=1S/C27H24F3N7OS/c28-14-9-27(5-1-8-37(27)12-14)13-38-26-33-11-17-22(35-26)20(30)21(34-25(17)36-6-2-7-36)15-3-4-18(29)23-19(15)16(10-31)24(32)39-23/h3-4,11,14H,1-2,5-9,12-13,32H2/t14-,27+/m1/s1. The van der Waals surface area contributed by atoms with Gasteiger partial charge in [-0.2, -0.15) is 10.2 Å². The Labute approximate surface area is 225 Å². The van der Waals surface area contributed by atoms with Crippen molar-refractivity contribution in [2.75, 3.05) is 43.4 Å². The number of nitrogens with zero attached hydrogens (tertiary/aromatic N) is 6. The third-order valence-corrected chi connectivity index (χ3v) is 9.24. The molecule has 3 aromatic heterocycles. The molecule has 3 saturated heterocycles. The molecule has 0 aliphatic carbocycles. The number of benzene rings is 1. The van der Waals surface area contributed by atoms with Crippen LogP contribution < -0.4 is 15.4 Å². The van der Waals surface area contributed by atoms with Crippen molar-refractivity contribution in [1.29, 1.82) is 5.26 Å². The van der Waals surface area contributed by atoms with Gasteiger partial charge >= 0.3 is 6.01 Å². The maximum Gasteiger partial charge on any atom is 0.317 e. The first-order chi connectivity index (χ1) is 18.9. The van der Waals surface area contributed by atoms with Gasteiger partial charge in [0.15, 0.2) is 5.82 Å². The SMILES string of the molecule is N#Cc1c(N)sc2c(F)ccc(-c3nc(N4CCC4)c4cnc(OC[C@@]56CCCN5C[C@H](F)C6)nc4c3F)c12. The molecule has 2 atom stereocenters. The third-order valence-electron chi connectivity index (χ3n) is 8.21. The number of anilines is 2. The number of nitrogens with two attached hydrogens (primary N) is 1. The summed E-state index contributed by atoms with van der Waals surface area (Å²) in [6.07, 6.45) is 3.77. The molecule has 0 spiro atoms. The summed E-state index contributed by atoms with van der Waals surface area (Å²) >= 11 is 0.946. The number of alkyl halides is 1. The molecular weight excluding hydrogens is 527 g/mol. The third kappa shape index (κ3) is 3.71. The zero-order chi connectivity index (χ0) is 26.9. The number of thiophene rings is 1. The van der Waals surface area contributed by atoms with Gasteiger partial charge in [-0.25, -0.2) is 23.1 Å². The summed E-state index contributed by atoms with van der Waals surface area (Å²) in [6.45, 7) is 2.92. The molecule has 12 heteroatoms. The van der Waals surface area contributed by atoms with Crippen LogP contribution in [0.1, 0.15) is 31.2 Å². The molecule has 0 bridgehead atoms. The van der Waals surface area contributed by atoms with Gasteiger partial charge in [-0.3, -0.25) is 4.90 Å². The van der Waals surface area contributed by atoms with E-state index in [0.29, 0.717) is 24.2 Å². The predicted octanol–water partition coefficient (Wildman–Crippen LogP) is 4.80. The van der Waals surface area contributed by atoms with Crippen LogP contribution in [0, 0.1) is 23.0 Å². The number of hydrogen-bond donors (Lipinski definition) is 1. The lowest BCUT2D eigenvalue weighted by Gasteiger charge is -2.33. The highest BCUT2D eigenvalue weighted by molar-refractivity contribution is 7.23. The predicted molar refractivity (Wildman–Crippen MR) is 143 cm³/mol. The monoisotopic (exact) mass is 551 g/mol.